The number of aromatic nitrogens is 2. The third-order valence-electron chi connectivity index (χ3n) is 2.93. The van der Waals surface area contributed by atoms with Crippen molar-refractivity contribution in [2.45, 2.75) is 44.8 Å². The minimum absolute atomic E-state index is 0.279. The molecule has 1 heterocycles. The number of rotatable bonds is 6. The Morgan fingerprint density at radius 2 is 2.50 bits per heavy atom. The normalized spacial score (nSPS) is 17.3. The van der Waals surface area contributed by atoms with Crippen molar-refractivity contribution in [1.29, 1.82) is 0 Å². The molecule has 2 rings (SSSR count). The average molecular weight is 222 g/mol. The van der Waals surface area contributed by atoms with E-state index in [0.717, 1.165) is 5.82 Å². The van der Waals surface area contributed by atoms with E-state index in [1.54, 1.807) is 6.20 Å². The van der Waals surface area contributed by atoms with Crippen molar-refractivity contribution in [3.05, 3.63) is 18.2 Å². The fraction of sp³-hybridized carbons (Fsp3) is 0.636. The summed E-state index contributed by atoms with van der Waals surface area (Å²) >= 11 is 0. The van der Waals surface area contributed by atoms with Crippen LogP contribution in [0.1, 0.15) is 38.1 Å². The van der Waals surface area contributed by atoms with Crippen LogP contribution in [0.15, 0.2) is 12.4 Å². The van der Waals surface area contributed by atoms with Gasteiger partial charge in [-0.2, -0.15) is 0 Å². The van der Waals surface area contributed by atoms with Gasteiger partial charge in [-0.05, 0) is 19.3 Å². The zero-order valence-corrected chi connectivity index (χ0v) is 9.52. The molecule has 0 radical (unpaired) electrons. The van der Waals surface area contributed by atoms with Gasteiger partial charge in [0.2, 0.25) is 5.91 Å². The van der Waals surface area contributed by atoms with Crippen molar-refractivity contribution in [3.63, 3.8) is 0 Å². The molecule has 1 aromatic heterocycles. The zero-order chi connectivity index (χ0) is 11.5. The Hall–Kier alpha value is -1.36. The van der Waals surface area contributed by atoms with Crippen LogP contribution in [0.25, 0.3) is 0 Å². The Labute approximate surface area is 95.0 Å². The van der Waals surface area contributed by atoms with E-state index in [1.807, 2.05) is 17.7 Å². The molecule has 1 saturated carbocycles. The van der Waals surface area contributed by atoms with Gasteiger partial charge in [-0.3, -0.25) is 4.79 Å². The molecule has 5 nitrogen and oxygen atoms in total. The molecule has 1 atom stereocenters. The van der Waals surface area contributed by atoms with Crippen molar-refractivity contribution >= 4 is 5.91 Å². The van der Waals surface area contributed by atoms with Crippen molar-refractivity contribution in [2.75, 3.05) is 0 Å². The van der Waals surface area contributed by atoms with E-state index in [1.165, 1.54) is 12.8 Å². The summed E-state index contributed by atoms with van der Waals surface area (Å²) in [6.07, 6.45) is 6.72. The largest absolute Gasteiger partial charge is 0.368 e. The molecule has 0 bridgehead atoms. The van der Waals surface area contributed by atoms with Crippen LogP contribution in [0.4, 0.5) is 0 Å². The summed E-state index contributed by atoms with van der Waals surface area (Å²) in [5.74, 6) is 0.589. The molecule has 88 valence electrons. The van der Waals surface area contributed by atoms with E-state index in [2.05, 4.69) is 10.3 Å². The van der Waals surface area contributed by atoms with E-state index in [9.17, 15) is 4.79 Å². The van der Waals surface area contributed by atoms with Crippen LogP contribution in [0.3, 0.4) is 0 Å². The van der Waals surface area contributed by atoms with Gasteiger partial charge in [-0.1, -0.05) is 6.92 Å². The van der Waals surface area contributed by atoms with Crippen LogP contribution in [-0.4, -0.2) is 21.5 Å². The van der Waals surface area contributed by atoms with Gasteiger partial charge in [0.1, 0.15) is 11.9 Å². The molecular formula is C11H18N4O. The maximum atomic E-state index is 11.3. The lowest BCUT2D eigenvalue weighted by Crippen LogP contribution is -2.28. The molecule has 1 aromatic rings. The second-order valence-corrected chi connectivity index (χ2v) is 4.23. The van der Waals surface area contributed by atoms with Crippen LogP contribution in [-0.2, 0) is 11.3 Å². The lowest BCUT2D eigenvalue weighted by Gasteiger charge is -2.16. The highest BCUT2D eigenvalue weighted by atomic mass is 16.1. The highest BCUT2D eigenvalue weighted by Gasteiger charge is 2.22. The highest BCUT2D eigenvalue weighted by molar-refractivity contribution is 5.78. The molecule has 3 N–H and O–H groups in total. The maximum absolute atomic E-state index is 11.3. The summed E-state index contributed by atoms with van der Waals surface area (Å²) in [6.45, 7) is 2.66. The number of carbonyl (C=O) groups is 1. The number of imidazole rings is 1. The SMILES string of the molecule is CCC(C(N)=O)n1ccnc1CNC1CC1. The van der Waals surface area contributed by atoms with Gasteiger partial charge in [0, 0.05) is 18.4 Å². The fourth-order valence-corrected chi connectivity index (χ4v) is 1.82. The van der Waals surface area contributed by atoms with Crippen molar-refractivity contribution in [3.8, 4) is 0 Å². The minimum Gasteiger partial charge on any atom is -0.368 e. The summed E-state index contributed by atoms with van der Waals surface area (Å²) in [5.41, 5.74) is 5.37. The van der Waals surface area contributed by atoms with Gasteiger partial charge in [-0.15, -0.1) is 0 Å². The van der Waals surface area contributed by atoms with Gasteiger partial charge in [0.05, 0.1) is 6.54 Å². The van der Waals surface area contributed by atoms with Crippen LogP contribution in [0.2, 0.25) is 0 Å². The average Bonchev–Trinajstić information content (AvgIpc) is 2.97. The quantitative estimate of drug-likeness (QED) is 0.739. The first-order valence-electron chi connectivity index (χ1n) is 5.76. The van der Waals surface area contributed by atoms with Gasteiger partial charge >= 0.3 is 0 Å². The number of nitrogens with two attached hydrogens (primary N) is 1. The van der Waals surface area contributed by atoms with E-state index in [-0.39, 0.29) is 11.9 Å². The predicted molar refractivity (Wildman–Crippen MR) is 60.6 cm³/mol. The molecule has 1 unspecified atom stereocenters. The molecule has 16 heavy (non-hydrogen) atoms. The summed E-state index contributed by atoms with van der Waals surface area (Å²) in [7, 11) is 0. The number of nitrogens with zero attached hydrogens (tertiary/aromatic N) is 2. The summed E-state index contributed by atoms with van der Waals surface area (Å²) < 4.78 is 1.87. The molecule has 1 fully saturated rings. The Balaban J connectivity index is 2.06. The number of hydrogen-bond donors (Lipinski definition) is 2. The lowest BCUT2D eigenvalue weighted by molar-refractivity contribution is -0.121. The highest BCUT2D eigenvalue weighted by Crippen LogP contribution is 2.20. The van der Waals surface area contributed by atoms with Crippen LogP contribution in [0.5, 0.6) is 0 Å². The molecular weight excluding hydrogens is 204 g/mol. The number of hydrogen-bond acceptors (Lipinski definition) is 3. The summed E-state index contributed by atoms with van der Waals surface area (Å²) in [6, 6.07) is 0.359. The van der Waals surface area contributed by atoms with Crippen LogP contribution < -0.4 is 11.1 Å². The van der Waals surface area contributed by atoms with E-state index >= 15 is 0 Å². The molecule has 0 spiro atoms. The minimum atomic E-state index is -0.298. The monoisotopic (exact) mass is 222 g/mol. The first kappa shape index (κ1) is 11.1. The standard InChI is InChI=1S/C11H18N4O/c1-2-9(11(12)16)15-6-5-13-10(15)7-14-8-3-4-8/h5-6,8-9,14H,2-4,7H2,1H3,(H2,12,16). The lowest BCUT2D eigenvalue weighted by atomic mass is 10.2. The topological polar surface area (TPSA) is 72.9 Å². The first-order valence-corrected chi connectivity index (χ1v) is 5.76. The molecule has 0 saturated heterocycles. The Morgan fingerprint density at radius 3 is 3.06 bits per heavy atom. The zero-order valence-electron chi connectivity index (χ0n) is 9.52. The van der Waals surface area contributed by atoms with Crippen molar-refractivity contribution in [2.24, 2.45) is 5.73 Å². The third kappa shape index (κ3) is 2.41. The number of nitrogens with one attached hydrogen (secondary N) is 1. The molecule has 1 aliphatic carbocycles. The number of amides is 1. The van der Waals surface area contributed by atoms with Gasteiger partial charge < -0.3 is 15.6 Å². The van der Waals surface area contributed by atoms with Gasteiger partial charge in [0.25, 0.3) is 0 Å². The Morgan fingerprint density at radius 1 is 1.75 bits per heavy atom. The van der Waals surface area contributed by atoms with E-state index in [4.69, 9.17) is 5.73 Å². The first-order chi connectivity index (χ1) is 7.72. The summed E-state index contributed by atoms with van der Waals surface area (Å²) in [4.78, 5) is 15.5. The van der Waals surface area contributed by atoms with Crippen molar-refractivity contribution in [1.82, 2.24) is 14.9 Å². The molecule has 0 aromatic carbocycles. The summed E-state index contributed by atoms with van der Waals surface area (Å²) in [5, 5.41) is 3.38. The fourth-order valence-electron chi connectivity index (χ4n) is 1.82. The maximum Gasteiger partial charge on any atom is 0.240 e. The predicted octanol–water partition coefficient (Wildman–Crippen LogP) is 0.571. The second-order valence-electron chi connectivity index (χ2n) is 4.23. The number of primary amides is 1. The molecule has 1 aliphatic rings. The van der Waals surface area contributed by atoms with E-state index in [0.29, 0.717) is 19.0 Å². The molecule has 5 heteroatoms. The Kier molecular flexibility index (Phi) is 3.24. The van der Waals surface area contributed by atoms with Crippen molar-refractivity contribution < 1.29 is 4.79 Å². The van der Waals surface area contributed by atoms with Gasteiger partial charge in [-0.25, -0.2) is 4.98 Å². The van der Waals surface area contributed by atoms with Crippen LogP contribution in [0, 0.1) is 0 Å². The number of carbonyl (C=O) groups excluding carboxylic acids is 1. The third-order valence-corrected chi connectivity index (χ3v) is 2.93. The smallest absolute Gasteiger partial charge is 0.240 e. The van der Waals surface area contributed by atoms with E-state index < -0.39 is 0 Å². The van der Waals surface area contributed by atoms with Crippen LogP contribution >= 0.6 is 0 Å². The molecule has 1 amide bonds. The second kappa shape index (κ2) is 4.65. The molecule has 0 aliphatic heterocycles. The van der Waals surface area contributed by atoms with Gasteiger partial charge in [0.15, 0.2) is 0 Å². The Bertz CT molecular complexity index is 370.